The number of halogens is 1. The summed E-state index contributed by atoms with van der Waals surface area (Å²) in [5, 5.41) is 4.00. The van der Waals surface area contributed by atoms with Gasteiger partial charge in [-0.05, 0) is 98.7 Å². The van der Waals surface area contributed by atoms with Crippen molar-refractivity contribution in [3.63, 3.8) is 0 Å². The lowest BCUT2D eigenvalue weighted by Gasteiger charge is -2.10. The number of unbranched alkanes of at least 4 members (excludes halogenated alkanes) is 1. The van der Waals surface area contributed by atoms with Gasteiger partial charge in [-0.25, -0.2) is 4.98 Å². The fourth-order valence-corrected chi connectivity index (χ4v) is 4.02. The molecule has 0 aliphatic carbocycles. The zero-order valence-corrected chi connectivity index (χ0v) is 21.8. The highest BCUT2D eigenvalue weighted by Gasteiger charge is 2.12. The predicted octanol–water partition coefficient (Wildman–Crippen LogP) is 7.71. The molecule has 0 saturated heterocycles. The summed E-state index contributed by atoms with van der Waals surface area (Å²) in [6.45, 7) is 6.98. The normalized spacial score (nSPS) is 11.0. The first-order chi connectivity index (χ1) is 17.7. The van der Waals surface area contributed by atoms with Gasteiger partial charge in [-0.3, -0.25) is 0 Å². The highest BCUT2D eigenvalue weighted by atomic mass is 35.5. The first-order valence-electron chi connectivity index (χ1n) is 12.7. The van der Waals surface area contributed by atoms with Crippen molar-refractivity contribution in [1.29, 1.82) is 0 Å². The Morgan fingerprint density at radius 1 is 0.833 bits per heavy atom. The van der Waals surface area contributed by atoms with Crippen molar-refractivity contribution in [1.82, 2.24) is 14.9 Å². The van der Waals surface area contributed by atoms with Gasteiger partial charge in [-0.15, -0.1) is 0 Å². The fraction of sp³-hybridized carbons (Fsp3) is 0.300. The molecule has 0 radical (unpaired) electrons. The van der Waals surface area contributed by atoms with Gasteiger partial charge in [0.1, 0.15) is 23.1 Å². The molecule has 0 aliphatic heterocycles. The minimum atomic E-state index is 0.690. The minimum absolute atomic E-state index is 0.690. The van der Waals surface area contributed by atoms with Crippen molar-refractivity contribution in [2.45, 2.75) is 39.5 Å². The van der Waals surface area contributed by atoms with Crippen molar-refractivity contribution in [3.05, 3.63) is 89.8 Å². The average molecular weight is 504 g/mol. The van der Waals surface area contributed by atoms with Crippen molar-refractivity contribution in [3.8, 4) is 34.2 Å². The van der Waals surface area contributed by atoms with Crippen LogP contribution in [0.3, 0.4) is 0 Å². The van der Waals surface area contributed by atoms with Crippen LogP contribution in [-0.2, 0) is 6.42 Å². The smallest absolute Gasteiger partial charge is 0.127 e. The Hall–Kier alpha value is -3.28. The van der Waals surface area contributed by atoms with Crippen LogP contribution in [0.5, 0.6) is 17.2 Å². The van der Waals surface area contributed by atoms with E-state index in [2.05, 4.69) is 54.2 Å². The number of benzene rings is 3. The fourth-order valence-electron chi connectivity index (χ4n) is 3.89. The van der Waals surface area contributed by atoms with Gasteiger partial charge in [-0.2, -0.15) is 0 Å². The third-order valence-electron chi connectivity index (χ3n) is 5.86. The Kier molecular flexibility index (Phi) is 9.42. The van der Waals surface area contributed by atoms with E-state index in [9.17, 15) is 0 Å². The second-order valence-corrected chi connectivity index (χ2v) is 9.08. The number of rotatable bonds is 13. The lowest BCUT2D eigenvalue weighted by atomic mass is 10.1. The standard InChI is InChI=1S/C30H34ClN3O2/c1-3-5-7-30-33-29(23-8-14-26(15-9-23)35-21-6-20-32-4-2)22-34(30)25-12-18-28(19-13-25)36-27-16-10-24(31)11-17-27/h8-19,22,32H,3-7,20-21H2,1-2H3. The van der Waals surface area contributed by atoms with Gasteiger partial charge in [0, 0.05) is 28.9 Å². The number of imidazole rings is 1. The second-order valence-electron chi connectivity index (χ2n) is 8.65. The number of hydrogen-bond donors (Lipinski definition) is 1. The molecule has 0 saturated carbocycles. The Labute approximate surface area is 219 Å². The molecule has 0 unspecified atom stereocenters. The van der Waals surface area contributed by atoms with E-state index in [-0.39, 0.29) is 0 Å². The number of aryl methyl sites for hydroxylation is 1. The molecule has 6 heteroatoms. The first-order valence-corrected chi connectivity index (χ1v) is 13.1. The van der Waals surface area contributed by atoms with Crippen molar-refractivity contribution >= 4 is 11.6 Å². The number of ether oxygens (including phenoxy) is 2. The molecule has 0 aliphatic rings. The molecule has 5 nitrogen and oxygen atoms in total. The Balaban J connectivity index is 1.48. The van der Waals surface area contributed by atoms with E-state index in [0.717, 1.165) is 78.8 Å². The summed E-state index contributed by atoms with van der Waals surface area (Å²) in [5.41, 5.74) is 3.10. The summed E-state index contributed by atoms with van der Waals surface area (Å²) in [6, 6.07) is 23.7. The molecular weight excluding hydrogens is 470 g/mol. The van der Waals surface area contributed by atoms with Gasteiger partial charge in [0.15, 0.2) is 0 Å². The Bertz CT molecular complexity index is 1200. The first kappa shape index (κ1) is 25.8. The van der Waals surface area contributed by atoms with Gasteiger partial charge >= 0.3 is 0 Å². The maximum absolute atomic E-state index is 5.97. The largest absolute Gasteiger partial charge is 0.494 e. The van der Waals surface area contributed by atoms with E-state index in [1.807, 2.05) is 48.5 Å². The Morgan fingerprint density at radius 2 is 1.50 bits per heavy atom. The van der Waals surface area contributed by atoms with Crippen LogP contribution in [0.2, 0.25) is 5.02 Å². The molecule has 0 bridgehead atoms. The van der Waals surface area contributed by atoms with E-state index in [1.54, 1.807) is 0 Å². The van der Waals surface area contributed by atoms with Crippen molar-refractivity contribution in [2.24, 2.45) is 0 Å². The van der Waals surface area contributed by atoms with Crippen LogP contribution in [0.4, 0.5) is 0 Å². The third kappa shape index (κ3) is 7.12. The third-order valence-corrected chi connectivity index (χ3v) is 6.12. The molecule has 0 atom stereocenters. The van der Waals surface area contributed by atoms with Crippen LogP contribution < -0.4 is 14.8 Å². The highest BCUT2D eigenvalue weighted by Crippen LogP contribution is 2.27. The molecule has 0 fully saturated rings. The molecule has 36 heavy (non-hydrogen) atoms. The molecule has 1 aromatic heterocycles. The van der Waals surface area contributed by atoms with E-state index < -0.39 is 0 Å². The summed E-state index contributed by atoms with van der Waals surface area (Å²) in [4.78, 5) is 4.99. The van der Waals surface area contributed by atoms with Gasteiger partial charge in [0.25, 0.3) is 0 Å². The average Bonchev–Trinajstić information content (AvgIpc) is 3.33. The summed E-state index contributed by atoms with van der Waals surface area (Å²) in [5.74, 6) is 3.47. The van der Waals surface area contributed by atoms with E-state index in [4.69, 9.17) is 26.1 Å². The van der Waals surface area contributed by atoms with E-state index in [0.29, 0.717) is 11.6 Å². The summed E-state index contributed by atoms with van der Waals surface area (Å²) in [7, 11) is 0. The molecule has 3 aromatic carbocycles. The lowest BCUT2D eigenvalue weighted by Crippen LogP contribution is -2.16. The van der Waals surface area contributed by atoms with Crippen LogP contribution in [0, 0.1) is 0 Å². The quantitative estimate of drug-likeness (QED) is 0.190. The van der Waals surface area contributed by atoms with Crippen LogP contribution in [-0.4, -0.2) is 29.2 Å². The Morgan fingerprint density at radius 3 is 2.17 bits per heavy atom. The van der Waals surface area contributed by atoms with Gasteiger partial charge in [0.2, 0.25) is 0 Å². The SMILES string of the molecule is CCCCc1nc(-c2ccc(OCCCNCC)cc2)cn1-c1ccc(Oc2ccc(Cl)cc2)cc1. The number of hydrogen-bond acceptors (Lipinski definition) is 4. The van der Waals surface area contributed by atoms with Crippen LogP contribution >= 0.6 is 11.6 Å². The van der Waals surface area contributed by atoms with Crippen molar-refractivity contribution < 1.29 is 9.47 Å². The molecule has 0 amide bonds. The number of aromatic nitrogens is 2. The minimum Gasteiger partial charge on any atom is -0.494 e. The summed E-state index contributed by atoms with van der Waals surface area (Å²) >= 11 is 5.97. The molecule has 4 aromatic rings. The number of nitrogens with zero attached hydrogens (tertiary/aromatic N) is 2. The molecule has 1 N–H and O–H groups in total. The van der Waals surface area contributed by atoms with Crippen LogP contribution in [0.25, 0.3) is 16.9 Å². The molecular formula is C30H34ClN3O2. The molecule has 4 rings (SSSR count). The maximum atomic E-state index is 5.97. The van der Waals surface area contributed by atoms with Gasteiger partial charge in [-0.1, -0.05) is 31.9 Å². The molecule has 188 valence electrons. The maximum Gasteiger partial charge on any atom is 0.127 e. The van der Waals surface area contributed by atoms with E-state index >= 15 is 0 Å². The highest BCUT2D eigenvalue weighted by molar-refractivity contribution is 6.30. The number of nitrogens with one attached hydrogen (secondary N) is 1. The molecule has 0 spiro atoms. The van der Waals surface area contributed by atoms with E-state index in [1.165, 1.54) is 0 Å². The zero-order chi connectivity index (χ0) is 25.2. The zero-order valence-electron chi connectivity index (χ0n) is 21.0. The second kappa shape index (κ2) is 13.1. The van der Waals surface area contributed by atoms with Gasteiger partial charge in [0.05, 0.1) is 12.3 Å². The van der Waals surface area contributed by atoms with Crippen molar-refractivity contribution in [2.75, 3.05) is 19.7 Å². The predicted molar refractivity (Wildman–Crippen MR) is 148 cm³/mol. The summed E-state index contributed by atoms with van der Waals surface area (Å²) < 4.78 is 14.0. The van der Waals surface area contributed by atoms with Crippen LogP contribution in [0.1, 0.15) is 38.9 Å². The van der Waals surface area contributed by atoms with Crippen LogP contribution in [0.15, 0.2) is 79.0 Å². The monoisotopic (exact) mass is 503 g/mol. The van der Waals surface area contributed by atoms with Gasteiger partial charge < -0.3 is 19.4 Å². The lowest BCUT2D eigenvalue weighted by molar-refractivity contribution is 0.309. The topological polar surface area (TPSA) is 48.3 Å². The molecule has 1 heterocycles. The summed E-state index contributed by atoms with van der Waals surface area (Å²) in [6.07, 6.45) is 6.24.